The van der Waals surface area contributed by atoms with E-state index in [-0.39, 0.29) is 47.6 Å². The normalized spacial score (nSPS) is 12.3. The molecule has 9 rings (SSSR count). The number of rotatable bonds is 38. The SMILES string of the molecule is C.C.CCOP(=O)(COCCc1ccc(/C(=C(/CCCl)c2ccccc2)c2ccccc2)cc1)OCC.CCOP(=O)(COS(=O)(=O)C(F)(F)F)OCC.O=P(O)(O)COCCc1ccc(/C(=C(/CCCl)c2ccccc2)c2ccccc2)cc1.OCCc1ccc(/C(=C(/CCCl)c2ccccc2)c2ccccc2)cc1. The van der Waals surface area contributed by atoms with E-state index in [0.717, 1.165) is 69.3 Å². The number of halogens is 6. The maximum atomic E-state index is 12.5. The summed E-state index contributed by atoms with van der Waals surface area (Å²) in [6.07, 6.45) is 2.38. The highest BCUT2D eigenvalue weighted by Gasteiger charge is 2.48. The van der Waals surface area contributed by atoms with E-state index < -0.39 is 51.1 Å². The van der Waals surface area contributed by atoms with Crippen LogP contribution in [0.15, 0.2) is 255 Å². The molecule has 0 heterocycles. The Labute approximate surface area is 669 Å². The molecule has 0 saturated heterocycles. The smallest absolute Gasteiger partial charge is 0.396 e. The zero-order chi connectivity index (χ0) is 79.0. The van der Waals surface area contributed by atoms with Crippen LogP contribution in [-0.2, 0) is 74.8 Å². The molecule has 0 fully saturated rings. The second kappa shape index (κ2) is 51.0. The van der Waals surface area contributed by atoms with E-state index in [1.165, 1.54) is 64.0 Å². The summed E-state index contributed by atoms with van der Waals surface area (Å²) in [5, 5.41) is 9.16. The van der Waals surface area contributed by atoms with E-state index in [4.69, 9.17) is 68.2 Å². The van der Waals surface area contributed by atoms with Gasteiger partial charge in [0.05, 0.1) is 39.6 Å². The molecule has 0 radical (unpaired) electrons. The van der Waals surface area contributed by atoms with Crippen LogP contribution in [0.25, 0.3) is 33.4 Å². The van der Waals surface area contributed by atoms with Crippen molar-refractivity contribution in [3.8, 4) is 0 Å². The van der Waals surface area contributed by atoms with Crippen LogP contribution in [0.2, 0.25) is 0 Å². The van der Waals surface area contributed by atoms with Crippen LogP contribution in [0.5, 0.6) is 0 Å². The van der Waals surface area contributed by atoms with E-state index in [2.05, 4.69) is 195 Å². The van der Waals surface area contributed by atoms with Gasteiger partial charge in [-0.15, -0.1) is 34.8 Å². The van der Waals surface area contributed by atoms with Gasteiger partial charge in [-0.1, -0.05) is 270 Å². The Balaban J connectivity index is 0.000000319. The van der Waals surface area contributed by atoms with Crippen molar-refractivity contribution >= 4 is 101 Å². The van der Waals surface area contributed by atoms with Crippen molar-refractivity contribution in [2.45, 2.75) is 86.6 Å². The van der Waals surface area contributed by atoms with Gasteiger partial charge in [0.2, 0.25) is 0 Å². The Morgan fingerprint density at radius 1 is 0.369 bits per heavy atom. The first-order valence-electron chi connectivity index (χ1n) is 35.5. The quantitative estimate of drug-likeness (QED) is 0.00820. The summed E-state index contributed by atoms with van der Waals surface area (Å²) in [6, 6.07) is 87.6. The summed E-state index contributed by atoms with van der Waals surface area (Å²) in [5.41, 5.74) is 15.4. The first-order chi connectivity index (χ1) is 52.5. The molecule has 0 atom stereocenters. The Hall–Kier alpha value is -6.90. The van der Waals surface area contributed by atoms with Crippen LogP contribution in [-0.4, -0.2) is 112 Å². The molecule has 0 saturated carbocycles. The first-order valence-corrected chi connectivity index (χ1v) is 43.8. The molecule has 15 nitrogen and oxygen atoms in total. The van der Waals surface area contributed by atoms with Crippen molar-refractivity contribution in [1.82, 2.24) is 0 Å². The molecule has 0 bridgehead atoms. The zero-order valence-electron chi connectivity index (χ0n) is 61.4. The second-order valence-electron chi connectivity index (χ2n) is 23.9. The van der Waals surface area contributed by atoms with E-state index in [1.807, 2.05) is 72.8 Å². The van der Waals surface area contributed by atoms with Crippen LogP contribution in [0.1, 0.15) is 129 Å². The highest BCUT2D eigenvalue weighted by molar-refractivity contribution is 7.87. The fourth-order valence-electron chi connectivity index (χ4n) is 11.4. The molecule has 3 N–H and O–H groups in total. The van der Waals surface area contributed by atoms with E-state index >= 15 is 0 Å². The Kier molecular flexibility index (Phi) is 44.4. The molecular weight excluding hydrogens is 1560 g/mol. The van der Waals surface area contributed by atoms with Gasteiger partial charge in [-0.05, 0) is 166 Å². The molecular formula is C86H103Cl3F3O15P3S. The largest absolute Gasteiger partial charge is 0.523 e. The molecule has 0 spiro atoms. The molecule has 0 aliphatic carbocycles. The average molecular weight is 1670 g/mol. The summed E-state index contributed by atoms with van der Waals surface area (Å²) in [7, 11) is -17.1. The molecule has 9 aromatic rings. The minimum absolute atomic E-state index is 0. The monoisotopic (exact) mass is 1660 g/mol. The maximum absolute atomic E-state index is 12.5. The first kappa shape index (κ1) is 96.5. The standard InChI is InChI=1S/C29H34ClO4P.C25H26ClO4P.C24H23ClO.C6H12F3O6PS.2CH4/c1-3-33-35(31,34-4-2)23-32-22-20-24-15-17-27(18-16-24)29(26-13-9-6-10-14-26)28(19-21-30)25-11-7-5-8-12-25;26-17-15-24(21-7-3-1-4-8-21)25(22-9-5-2-6-10-22)23-13-11-20(12-14-23)16-18-30-19-31(27,28)29;25-17-15-23(20-7-3-1-4-8-20)24(21-9-5-2-6-10-21)22-13-11-19(12-14-22)16-18-26;1-3-13-16(10,14-4-2)5-15-17(11,12)6(7,8)9;;/h5-18H,3-4,19-23H2,1-2H3;1-14H,15-19H2,(H2,27,28,29);1-14,26H,15-18H2;3-5H2,1-2H3;2*1H4/b29-28-;25-24-;24-23-;;;. The van der Waals surface area contributed by atoms with Gasteiger partial charge in [-0.25, -0.2) is 0 Å². The Morgan fingerprint density at radius 3 is 0.856 bits per heavy atom. The Bertz CT molecular complexity index is 4450. The molecule has 25 heteroatoms. The molecule has 0 aliphatic heterocycles. The van der Waals surface area contributed by atoms with Crippen LogP contribution in [0.3, 0.4) is 0 Å². The maximum Gasteiger partial charge on any atom is 0.523 e. The average Bonchev–Trinajstić information content (AvgIpc) is 0.815. The van der Waals surface area contributed by atoms with Crippen LogP contribution in [0, 0.1) is 0 Å². The van der Waals surface area contributed by atoms with Crippen LogP contribution in [0.4, 0.5) is 13.2 Å². The molecule has 0 unspecified atom stereocenters. The number of hydrogen-bond donors (Lipinski definition) is 3. The van der Waals surface area contributed by atoms with Gasteiger partial charge in [0.25, 0.3) is 0 Å². The van der Waals surface area contributed by atoms with Crippen molar-refractivity contribution in [3.63, 3.8) is 0 Å². The topological polar surface area (TPSA) is 211 Å². The van der Waals surface area contributed by atoms with Gasteiger partial charge in [0, 0.05) is 24.2 Å². The predicted molar refractivity (Wildman–Crippen MR) is 450 cm³/mol. The molecule has 9 aromatic carbocycles. The van der Waals surface area contributed by atoms with E-state index in [0.29, 0.717) is 56.7 Å². The number of hydrogen-bond acceptors (Lipinski definition) is 13. The van der Waals surface area contributed by atoms with Gasteiger partial charge in [-0.3, -0.25) is 17.9 Å². The molecule has 600 valence electrons. The third kappa shape index (κ3) is 32.9. The lowest BCUT2D eigenvalue weighted by Crippen LogP contribution is -2.26. The summed E-state index contributed by atoms with van der Waals surface area (Å²) >= 11 is 18.6. The minimum Gasteiger partial charge on any atom is -0.396 e. The van der Waals surface area contributed by atoms with Crippen molar-refractivity contribution in [3.05, 3.63) is 322 Å². The summed E-state index contributed by atoms with van der Waals surface area (Å²) in [4.78, 5) is 17.8. The van der Waals surface area contributed by atoms with Gasteiger partial charge in [0.1, 0.15) is 12.7 Å². The fourth-order valence-corrected chi connectivity index (χ4v) is 15.9. The summed E-state index contributed by atoms with van der Waals surface area (Å²) < 4.78 is 126. The third-order valence-corrected chi connectivity index (χ3v) is 22.0. The van der Waals surface area contributed by atoms with Gasteiger partial charge < -0.3 is 42.5 Å². The Morgan fingerprint density at radius 2 is 0.613 bits per heavy atom. The highest BCUT2D eigenvalue weighted by Crippen LogP contribution is 2.50. The highest BCUT2D eigenvalue weighted by atomic mass is 35.5. The molecule has 0 amide bonds. The second-order valence-corrected chi connectivity index (χ2v) is 32.2. The number of alkyl halides is 6. The molecule has 0 aliphatic rings. The fraction of sp³-hybridized carbons (Fsp3) is 0.302. The number of aliphatic hydroxyl groups excluding tert-OH is 1. The van der Waals surface area contributed by atoms with Crippen molar-refractivity contribution in [2.24, 2.45) is 0 Å². The van der Waals surface area contributed by atoms with Gasteiger partial charge in [0.15, 0.2) is 6.35 Å². The van der Waals surface area contributed by atoms with Gasteiger partial charge >= 0.3 is 38.4 Å². The minimum atomic E-state index is -5.80. The summed E-state index contributed by atoms with van der Waals surface area (Å²) in [6.45, 7) is 7.71. The zero-order valence-corrected chi connectivity index (χ0v) is 67.2. The van der Waals surface area contributed by atoms with Crippen molar-refractivity contribution in [2.75, 3.05) is 82.9 Å². The van der Waals surface area contributed by atoms with E-state index in [1.54, 1.807) is 13.8 Å². The van der Waals surface area contributed by atoms with Crippen LogP contribution >= 0.6 is 57.6 Å². The predicted octanol–water partition coefficient (Wildman–Crippen LogP) is 23.2. The summed E-state index contributed by atoms with van der Waals surface area (Å²) in [5.74, 6) is 1.64. The molecule has 0 aromatic heterocycles. The van der Waals surface area contributed by atoms with Crippen molar-refractivity contribution < 1.29 is 81.9 Å². The van der Waals surface area contributed by atoms with Crippen LogP contribution < -0.4 is 0 Å². The van der Waals surface area contributed by atoms with Crippen molar-refractivity contribution in [1.29, 1.82) is 0 Å². The lowest BCUT2D eigenvalue weighted by molar-refractivity contribution is -0.0534. The number of aliphatic hydroxyl groups is 1. The van der Waals surface area contributed by atoms with Gasteiger partial charge in [-0.2, -0.15) is 21.6 Å². The number of benzene rings is 9. The number of ether oxygens (including phenoxy) is 2. The number of allylic oxidation sites excluding steroid dienone is 3. The molecule has 111 heavy (non-hydrogen) atoms. The van der Waals surface area contributed by atoms with E-state index in [9.17, 15) is 35.3 Å². The third-order valence-electron chi connectivity index (χ3n) is 16.2. The lowest BCUT2D eigenvalue weighted by Gasteiger charge is -2.18. The lowest BCUT2D eigenvalue weighted by atomic mass is 9.88.